The smallest absolute Gasteiger partial charge is 0.303 e. The molecule has 0 radical (unpaired) electrons. The number of aliphatic hydroxyl groups excluding tert-OH is 1. The van der Waals surface area contributed by atoms with E-state index in [1.165, 1.54) is 26.0 Å². The molecule has 3 unspecified atom stereocenters. The number of amides is 1. The molecule has 1 heterocycles. The van der Waals surface area contributed by atoms with Crippen LogP contribution >= 0.6 is 0 Å². The summed E-state index contributed by atoms with van der Waals surface area (Å²) < 4.78 is 22.5. The standard InChI is InChI=1S/C25H29NO7.C11H13FO2/c1-17(28)33-16-25(32,15-27)13-12-19-2-7-20(8-3-19)22-14-23(29)26(22)21-9-4-18(5-10-21)6-11-24(30)31;1-3-11(14-8(2)13)9-4-6-10(12)7-5-9/h2-5,7-10,22,27,32H,6,11-16H2,1H3,(H,30,31);4-7,11H,3H2,1-2H3. The Morgan fingerprint density at radius 3 is 2.04 bits per heavy atom. The number of hydrogen-bond acceptors (Lipinski definition) is 8. The Bertz CT molecular complexity index is 1490. The summed E-state index contributed by atoms with van der Waals surface area (Å²) in [7, 11) is 0. The Kier molecular flexibility index (Phi) is 13.6. The molecule has 1 saturated heterocycles. The summed E-state index contributed by atoms with van der Waals surface area (Å²) >= 11 is 0. The maximum atomic E-state index is 12.6. The fourth-order valence-corrected chi connectivity index (χ4v) is 5.06. The second-order valence-corrected chi connectivity index (χ2v) is 11.5. The van der Waals surface area contributed by atoms with Gasteiger partial charge in [-0.15, -0.1) is 0 Å². The van der Waals surface area contributed by atoms with Crippen LogP contribution in [0, 0.1) is 5.82 Å². The van der Waals surface area contributed by atoms with E-state index in [1.807, 2.05) is 55.5 Å². The molecule has 252 valence electrons. The van der Waals surface area contributed by atoms with Gasteiger partial charge in [-0.05, 0) is 72.2 Å². The fraction of sp³-hybridized carbons (Fsp3) is 0.389. The van der Waals surface area contributed by atoms with Crippen LogP contribution in [-0.4, -0.2) is 57.9 Å². The first kappa shape index (κ1) is 36.9. The third-order valence-electron chi connectivity index (χ3n) is 7.79. The second kappa shape index (κ2) is 17.3. The predicted octanol–water partition coefficient (Wildman–Crippen LogP) is 5.24. The van der Waals surface area contributed by atoms with Crippen molar-refractivity contribution < 1.29 is 48.4 Å². The molecule has 47 heavy (non-hydrogen) atoms. The van der Waals surface area contributed by atoms with Crippen molar-refractivity contribution in [3.63, 3.8) is 0 Å². The van der Waals surface area contributed by atoms with Crippen LogP contribution in [0.1, 0.15) is 80.9 Å². The van der Waals surface area contributed by atoms with E-state index in [0.717, 1.165) is 27.9 Å². The molecule has 0 spiro atoms. The number of ether oxygens (including phenoxy) is 2. The number of hydrogen-bond donors (Lipinski definition) is 3. The minimum atomic E-state index is -1.49. The Hall–Kier alpha value is -4.61. The summed E-state index contributed by atoms with van der Waals surface area (Å²) in [5, 5.41) is 28.7. The number of carboxylic acids is 1. The third kappa shape index (κ3) is 11.3. The van der Waals surface area contributed by atoms with Crippen molar-refractivity contribution in [2.24, 2.45) is 0 Å². The molecule has 1 fully saturated rings. The Morgan fingerprint density at radius 1 is 0.936 bits per heavy atom. The number of benzene rings is 3. The third-order valence-corrected chi connectivity index (χ3v) is 7.79. The molecule has 0 aliphatic carbocycles. The molecule has 10 nitrogen and oxygen atoms in total. The van der Waals surface area contributed by atoms with Crippen LogP contribution in [0.15, 0.2) is 72.8 Å². The van der Waals surface area contributed by atoms with Gasteiger partial charge in [0.25, 0.3) is 0 Å². The summed E-state index contributed by atoms with van der Waals surface area (Å²) in [5.74, 6) is -1.93. The largest absolute Gasteiger partial charge is 0.481 e. The minimum absolute atomic E-state index is 0.0286. The van der Waals surface area contributed by atoms with E-state index in [4.69, 9.17) is 14.6 Å². The van der Waals surface area contributed by atoms with E-state index in [1.54, 1.807) is 17.0 Å². The van der Waals surface area contributed by atoms with Gasteiger partial charge in [-0.3, -0.25) is 19.2 Å². The van der Waals surface area contributed by atoms with Crippen molar-refractivity contribution in [2.75, 3.05) is 18.1 Å². The highest BCUT2D eigenvalue weighted by atomic mass is 19.1. The van der Waals surface area contributed by atoms with E-state index in [9.17, 15) is 33.8 Å². The number of nitrogens with zero attached hydrogens (tertiary/aromatic N) is 1. The van der Waals surface area contributed by atoms with Crippen molar-refractivity contribution >= 4 is 29.5 Å². The first-order chi connectivity index (χ1) is 22.3. The lowest BCUT2D eigenvalue weighted by Crippen LogP contribution is -2.46. The molecule has 4 rings (SSSR count). The van der Waals surface area contributed by atoms with Gasteiger partial charge in [-0.1, -0.05) is 55.5 Å². The first-order valence-electron chi connectivity index (χ1n) is 15.4. The molecule has 1 aliphatic rings. The highest BCUT2D eigenvalue weighted by Crippen LogP contribution is 2.39. The normalized spacial score (nSPS) is 15.7. The van der Waals surface area contributed by atoms with Crippen LogP contribution in [-0.2, 0) is 41.5 Å². The lowest BCUT2D eigenvalue weighted by atomic mass is 9.91. The monoisotopic (exact) mass is 651 g/mol. The number of aryl methyl sites for hydroxylation is 2. The molecule has 1 amide bonds. The maximum absolute atomic E-state index is 12.6. The number of carbonyl (C=O) groups excluding carboxylic acids is 3. The zero-order chi connectivity index (χ0) is 34.6. The molecule has 3 aromatic carbocycles. The van der Waals surface area contributed by atoms with Crippen molar-refractivity contribution in [2.45, 2.75) is 77.0 Å². The SMILES string of the molecule is CC(=O)OCC(O)(CO)CCc1ccc(C2CC(=O)N2c2ccc(CCC(=O)O)cc2)cc1.CCC(OC(C)=O)c1ccc(F)cc1. The number of carbonyl (C=O) groups is 4. The maximum Gasteiger partial charge on any atom is 0.303 e. The molecule has 0 bridgehead atoms. The predicted molar refractivity (Wildman–Crippen MR) is 172 cm³/mol. The minimum Gasteiger partial charge on any atom is -0.481 e. The molecule has 3 atom stereocenters. The van der Waals surface area contributed by atoms with Crippen LogP contribution in [0.4, 0.5) is 10.1 Å². The second-order valence-electron chi connectivity index (χ2n) is 11.5. The van der Waals surface area contributed by atoms with Gasteiger partial charge in [0.2, 0.25) is 5.91 Å². The number of halogens is 1. The van der Waals surface area contributed by atoms with E-state index >= 15 is 0 Å². The highest BCUT2D eigenvalue weighted by molar-refractivity contribution is 6.01. The Morgan fingerprint density at radius 2 is 1.53 bits per heavy atom. The molecular formula is C36H42FNO9. The van der Waals surface area contributed by atoms with Gasteiger partial charge >= 0.3 is 17.9 Å². The van der Waals surface area contributed by atoms with Crippen molar-refractivity contribution in [1.29, 1.82) is 0 Å². The van der Waals surface area contributed by atoms with Crippen LogP contribution < -0.4 is 4.90 Å². The number of carboxylic acid groups (broad SMARTS) is 1. The van der Waals surface area contributed by atoms with Gasteiger partial charge in [0.15, 0.2) is 0 Å². The summed E-state index contributed by atoms with van der Waals surface area (Å²) in [4.78, 5) is 46.5. The summed E-state index contributed by atoms with van der Waals surface area (Å²) in [6, 6.07) is 21.0. The van der Waals surface area contributed by atoms with E-state index in [-0.39, 0.29) is 49.3 Å². The first-order valence-corrected chi connectivity index (χ1v) is 15.4. The van der Waals surface area contributed by atoms with Crippen molar-refractivity contribution in [3.05, 3.63) is 101 Å². The molecule has 0 saturated carbocycles. The Balaban J connectivity index is 0.000000358. The van der Waals surface area contributed by atoms with E-state index < -0.39 is 24.1 Å². The molecule has 1 aliphatic heterocycles. The van der Waals surface area contributed by atoms with Gasteiger partial charge in [-0.25, -0.2) is 4.39 Å². The van der Waals surface area contributed by atoms with Gasteiger partial charge in [-0.2, -0.15) is 0 Å². The van der Waals surface area contributed by atoms with Crippen molar-refractivity contribution in [1.82, 2.24) is 0 Å². The Labute approximate surface area is 273 Å². The van der Waals surface area contributed by atoms with Gasteiger partial charge in [0.1, 0.15) is 24.1 Å². The molecule has 0 aromatic heterocycles. The van der Waals surface area contributed by atoms with Gasteiger partial charge in [0.05, 0.1) is 19.1 Å². The number of esters is 2. The summed E-state index contributed by atoms with van der Waals surface area (Å²) in [6.07, 6.45) is 2.06. The lowest BCUT2D eigenvalue weighted by molar-refractivity contribution is -0.152. The molecule has 3 aromatic rings. The summed E-state index contributed by atoms with van der Waals surface area (Å²) in [6.45, 7) is 3.76. The number of aliphatic hydroxyl groups is 2. The number of rotatable bonds is 14. The summed E-state index contributed by atoms with van der Waals surface area (Å²) in [5.41, 5.74) is 2.96. The van der Waals surface area contributed by atoms with Crippen LogP contribution in [0.5, 0.6) is 0 Å². The molecule has 3 N–H and O–H groups in total. The fourth-order valence-electron chi connectivity index (χ4n) is 5.06. The van der Waals surface area contributed by atoms with Crippen LogP contribution in [0.25, 0.3) is 0 Å². The van der Waals surface area contributed by atoms with E-state index in [0.29, 0.717) is 25.7 Å². The van der Waals surface area contributed by atoms with Gasteiger partial charge < -0.3 is 29.7 Å². The molecular weight excluding hydrogens is 609 g/mol. The molecule has 11 heteroatoms. The van der Waals surface area contributed by atoms with E-state index in [2.05, 4.69) is 0 Å². The highest BCUT2D eigenvalue weighted by Gasteiger charge is 2.38. The van der Waals surface area contributed by atoms with Crippen molar-refractivity contribution in [3.8, 4) is 0 Å². The number of aliphatic carboxylic acids is 1. The zero-order valence-corrected chi connectivity index (χ0v) is 26.9. The van der Waals surface area contributed by atoms with Crippen LogP contribution in [0.2, 0.25) is 0 Å². The topological polar surface area (TPSA) is 151 Å². The number of anilines is 1. The van der Waals surface area contributed by atoms with Gasteiger partial charge in [0, 0.05) is 26.0 Å². The lowest BCUT2D eigenvalue weighted by Gasteiger charge is -2.41. The average Bonchev–Trinajstić information content (AvgIpc) is 3.05. The average molecular weight is 652 g/mol. The zero-order valence-electron chi connectivity index (χ0n) is 26.9. The van der Waals surface area contributed by atoms with Crippen LogP contribution in [0.3, 0.4) is 0 Å². The number of β-lactam (4-membered cyclic amide) rings is 1. The quantitative estimate of drug-likeness (QED) is 0.157.